The van der Waals surface area contributed by atoms with Crippen molar-refractivity contribution in [2.24, 2.45) is 0 Å². The van der Waals surface area contributed by atoms with Gasteiger partial charge in [-0.25, -0.2) is 0 Å². The third kappa shape index (κ3) is 6.09. The lowest BCUT2D eigenvalue weighted by atomic mass is 9.33. The van der Waals surface area contributed by atoms with Crippen LogP contribution < -0.4 is 26.2 Å². The smallest absolute Gasteiger partial charge is 0.252 e. The number of hydrogen-bond donors (Lipinski definition) is 0. The maximum Gasteiger partial charge on any atom is 0.252 e. The van der Waals surface area contributed by atoms with E-state index in [1.165, 1.54) is 195 Å². The van der Waals surface area contributed by atoms with Crippen LogP contribution in [0.1, 0.15) is 189 Å². The highest BCUT2D eigenvalue weighted by Crippen LogP contribution is 2.52. The zero-order valence-electron chi connectivity index (χ0n) is 37.8. The van der Waals surface area contributed by atoms with Gasteiger partial charge >= 0.3 is 0 Å². The van der Waals surface area contributed by atoms with Gasteiger partial charge in [0.05, 0.1) is 11.4 Å². The normalized spacial score (nSPS) is 20.7. The van der Waals surface area contributed by atoms with E-state index in [-0.39, 0.29) is 6.71 Å². The summed E-state index contributed by atoms with van der Waals surface area (Å²) in [4.78, 5) is 5.88. The second-order valence-electron chi connectivity index (χ2n) is 21.5. The van der Waals surface area contributed by atoms with Crippen LogP contribution in [0.3, 0.4) is 0 Å². The molecule has 2 nitrogen and oxygen atoms in total. The van der Waals surface area contributed by atoms with Gasteiger partial charge in [0.25, 0.3) is 6.71 Å². The van der Waals surface area contributed by atoms with Crippen molar-refractivity contribution >= 4 is 57.2 Å². The number of aryl methyl sites for hydroxylation is 5. The fraction of sp³-hybridized carbons (Fsp3) is 0.492. The van der Waals surface area contributed by atoms with Gasteiger partial charge in [-0.1, -0.05) is 74.9 Å². The quantitative estimate of drug-likeness (QED) is 0.163. The first kappa shape index (κ1) is 38.2. The number of fused-ring (bicyclic) bond motifs is 8. The predicted octanol–water partition coefficient (Wildman–Crippen LogP) is 13.7. The molecule has 0 N–H and O–H groups in total. The van der Waals surface area contributed by atoms with Gasteiger partial charge in [0.15, 0.2) is 0 Å². The molecule has 0 spiro atoms. The summed E-state index contributed by atoms with van der Waals surface area (Å²) < 4.78 is 0. The standard InChI is InChI=1S/C59H67BN2/c1-38-32-55-57-56(33-38)62(59-49-26-14-10-22-45(49)35-46-23-11-15-27-50(46)59)54-37-42(40-18-6-3-7-19-40)29-31-52(54)60(57)51-30-28-41(39-16-4-2-5-17-39)36-53(51)61(55)58-47-24-12-8-20-43(47)34-44-21-9-13-25-48(44)58/h28-37,39-40H,2-27H2,1H3. The van der Waals surface area contributed by atoms with Crippen LogP contribution in [0.15, 0.2) is 60.7 Å². The average molecular weight is 815 g/mol. The minimum absolute atomic E-state index is 0.213. The first-order chi connectivity index (χ1) is 30.7. The van der Waals surface area contributed by atoms with Crippen molar-refractivity contribution in [3.63, 3.8) is 0 Å². The Labute approximate surface area is 373 Å². The molecular weight excluding hydrogens is 747 g/mol. The van der Waals surface area contributed by atoms with Gasteiger partial charge in [-0.05, 0) is 249 Å². The maximum atomic E-state index is 2.94. The molecule has 316 valence electrons. The summed E-state index contributed by atoms with van der Waals surface area (Å²) in [6, 6.07) is 26.7. The number of nitrogens with zero attached hydrogens (tertiary/aromatic N) is 2. The molecule has 0 aromatic heterocycles. The van der Waals surface area contributed by atoms with Gasteiger partial charge in [-0.3, -0.25) is 0 Å². The summed E-state index contributed by atoms with van der Waals surface area (Å²) in [5.74, 6) is 1.35. The Morgan fingerprint density at radius 3 is 1.15 bits per heavy atom. The molecule has 0 saturated heterocycles. The zero-order chi connectivity index (χ0) is 40.9. The van der Waals surface area contributed by atoms with Crippen LogP contribution in [0, 0.1) is 6.92 Å². The van der Waals surface area contributed by atoms with Crippen molar-refractivity contribution < 1.29 is 0 Å². The SMILES string of the molecule is Cc1cc2c3c(c1)N(c1c4c(cc5c1CCCC5)CCCC4)c1cc(C4CCCCC4)ccc1B3c1ccc(C3CCCCC3)cc1N2c1c2c(cc3c1CCCC3)CCCC2. The number of benzene rings is 5. The topological polar surface area (TPSA) is 6.48 Å². The second-order valence-corrected chi connectivity index (χ2v) is 21.5. The molecule has 13 rings (SSSR count). The van der Waals surface area contributed by atoms with E-state index in [1.807, 2.05) is 0 Å². The largest absolute Gasteiger partial charge is 0.311 e. The van der Waals surface area contributed by atoms with E-state index in [4.69, 9.17) is 0 Å². The van der Waals surface area contributed by atoms with E-state index in [9.17, 15) is 0 Å². The van der Waals surface area contributed by atoms with Crippen LogP contribution in [-0.4, -0.2) is 6.71 Å². The Balaban J connectivity index is 1.12. The molecule has 62 heavy (non-hydrogen) atoms. The van der Waals surface area contributed by atoms with Crippen molar-refractivity contribution in [3.05, 3.63) is 122 Å². The Hall–Kier alpha value is -4.24. The van der Waals surface area contributed by atoms with Crippen LogP contribution in [-0.2, 0) is 51.4 Å². The van der Waals surface area contributed by atoms with Crippen LogP contribution >= 0.6 is 0 Å². The molecule has 2 fully saturated rings. The summed E-state index contributed by atoms with van der Waals surface area (Å²) >= 11 is 0. The highest BCUT2D eigenvalue weighted by molar-refractivity contribution is 7.00. The average Bonchev–Trinajstić information content (AvgIpc) is 3.33. The third-order valence-corrected chi connectivity index (χ3v) is 17.7. The summed E-state index contributed by atoms with van der Waals surface area (Å²) in [6.07, 6.45) is 34.0. The van der Waals surface area contributed by atoms with Crippen LogP contribution in [0.25, 0.3) is 0 Å². The van der Waals surface area contributed by atoms with Gasteiger partial charge in [0, 0.05) is 22.7 Å². The molecule has 2 aliphatic heterocycles. The second kappa shape index (κ2) is 15.5. The van der Waals surface area contributed by atoms with Gasteiger partial charge in [0.1, 0.15) is 0 Å². The van der Waals surface area contributed by atoms with Crippen LogP contribution in [0.4, 0.5) is 34.1 Å². The van der Waals surface area contributed by atoms with E-state index in [1.54, 1.807) is 83.4 Å². The van der Waals surface area contributed by atoms with Crippen molar-refractivity contribution in [3.8, 4) is 0 Å². The van der Waals surface area contributed by atoms with Crippen molar-refractivity contribution in [1.29, 1.82) is 0 Å². The van der Waals surface area contributed by atoms with Gasteiger partial charge < -0.3 is 9.80 Å². The van der Waals surface area contributed by atoms with Crippen molar-refractivity contribution in [1.82, 2.24) is 0 Å². The lowest BCUT2D eigenvalue weighted by molar-refractivity contribution is 0.444. The van der Waals surface area contributed by atoms with Gasteiger partial charge in [0.2, 0.25) is 0 Å². The van der Waals surface area contributed by atoms with E-state index < -0.39 is 0 Å². The molecule has 3 heteroatoms. The molecule has 5 aromatic carbocycles. The van der Waals surface area contributed by atoms with Crippen molar-refractivity contribution in [2.45, 2.75) is 186 Å². The summed E-state index contributed by atoms with van der Waals surface area (Å²) in [7, 11) is 0. The molecule has 5 aromatic rings. The van der Waals surface area contributed by atoms with E-state index in [0.29, 0.717) is 11.8 Å². The maximum absolute atomic E-state index is 2.94. The summed E-state index contributed by atoms with van der Waals surface area (Å²) in [6.45, 7) is 2.64. The predicted molar refractivity (Wildman–Crippen MR) is 263 cm³/mol. The highest BCUT2D eigenvalue weighted by atomic mass is 15.2. The fourth-order valence-corrected chi connectivity index (χ4v) is 14.8. The first-order valence-electron chi connectivity index (χ1n) is 26.0. The number of rotatable bonds is 4. The van der Waals surface area contributed by atoms with E-state index in [2.05, 4.69) is 77.4 Å². The zero-order valence-corrected chi connectivity index (χ0v) is 37.8. The lowest BCUT2D eigenvalue weighted by Gasteiger charge is -2.47. The molecular formula is C59H67BN2. The molecule has 0 atom stereocenters. The minimum Gasteiger partial charge on any atom is -0.311 e. The van der Waals surface area contributed by atoms with Crippen LogP contribution in [0.5, 0.6) is 0 Å². The molecule has 0 amide bonds. The molecule has 8 aliphatic rings. The Bertz CT molecular complexity index is 2360. The first-order valence-corrected chi connectivity index (χ1v) is 26.0. The van der Waals surface area contributed by atoms with E-state index in [0.717, 1.165) is 0 Å². The Morgan fingerprint density at radius 1 is 0.387 bits per heavy atom. The summed E-state index contributed by atoms with van der Waals surface area (Å²) in [5, 5.41) is 0. The number of anilines is 6. The molecule has 0 bridgehead atoms. The van der Waals surface area contributed by atoms with Gasteiger partial charge in [-0.2, -0.15) is 0 Å². The van der Waals surface area contributed by atoms with Crippen molar-refractivity contribution in [2.75, 3.05) is 9.80 Å². The summed E-state index contributed by atoms with van der Waals surface area (Å²) in [5.41, 5.74) is 31.8. The highest BCUT2D eigenvalue weighted by Gasteiger charge is 2.46. The molecule has 2 heterocycles. The molecule has 2 saturated carbocycles. The molecule has 0 unspecified atom stereocenters. The monoisotopic (exact) mass is 815 g/mol. The third-order valence-electron chi connectivity index (χ3n) is 17.7. The minimum atomic E-state index is 0.213. The fourth-order valence-electron chi connectivity index (χ4n) is 14.8. The molecule has 0 radical (unpaired) electrons. The lowest BCUT2D eigenvalue weighted by Crippen LogP contribution is -2.61. The molecule has 6 aliphatic carbocycles. The van der Waals surface area contributed by atoms with Crippen LogP contribution in [0.2, 0.25) is 0 Å². The Kier molecular flexibility index (Phi) is 9.55. The van der Waals surface area contributed by atoms with Gasteiger partial charge in [-0.15, -0.1) is 0 Å². The number of hydrogen-bond acceptors (Lipinski definition) is 2. The Morgan fingerprint density at radius 2 is 0.758 bits per heavy atom. The van der Waals surface area contributed by atoms with E-state index >= 15 is 0 Å².